The van der Waals surface area contributed by atoms with Gasteiger partial charge in [-0.1, -0.05) is 36.4 Å². The molecular weight excluding hydrogens is 350 g/mol. The first-order valence-electron chi connectivity index (χ1n) is 8.23. The fourth-order valence-corrected chi connectivity index (χ4v) is 3.41. The third-order valence-electron chi connectivity index (χ3n) is 4.14. The molecule has 5 nitrogen and oxygen atoms in total. The molecule has 0 radical (unpaired) electrons. The average Bonchev–Trinajstić information content (AvgIpc) is 2.54. The number of carbonyl (C=O) groups is 2. The highest BCUT2D eigenvalue weighted by molar-refractivity contribution is 7.91. The number of rotatable bonds is 6. The monoisotopic (exact) mass is 373 g/mol. The number of hydrogen-bond donors (Lipinski definition) is 1. The van der Waals surface area contributed by atoms with Crippen molar-refractivity contribution < 1.29 is 18.0 Å². The van der Waals surface area contributed by atoms with E-state index in [0.29, 0.717) is 22.3 Å². The molecule has 2 N–H and O–H groups in total. The van der Waals surface area contributed by atoms with Crippen LogP contribution in [-0.4, -0.2) is 24.9 Å². The molecular formula is C20H23NO4S. The zero-order valence-corrected chi connectivity index (χ0v) is 16.0. The number of nitrogens with two attached hydrogens (primary N) is 1. The lowest BCUT2D eigenvalue weighted by molar-refractivity contribution is 0.0984. The predicted molar refractivity (Wildman–Crippen MR) is 102 cm³/mol. The maximum Gasteiger partial charge on any atom is 0.248 e. The number of primary amides is 1. The second kappa shape index (κ2) is 7.41. The van der Waals surface area contributed by atoms with Crippen LogP contribution in [0.15, 0.2) is 48.5 Å². The standard InChI is InChI=1S/C20H23NO4S/c1-20(2,3)26(24,25)13-14-7-9-16(10-8-14)18(22)12-15-5-4-6-17(11-15)19(21)23/h4-11H,12-13H2,1-3H3,(H2,21,23). The Morgan fingerprint density at radius 2 is 1.54 bits per heavy atom. The topological polar surface area (TPSA) is 94.3 Å². The normalized spacial score (nSPS) is 12.0. The number of benzene rings is 2. The van der Waals surface area contributed by atoms with Crippen LogP contribution >= 0.6 is 0 Å². The number of ketones is 1. The molecule has 0 saturated carbocycles. The molecule has 6 heteroatoms. The van der Waals surface area contributed by atoms with Crippen LogP contribution in [0.4, 0.5) is 0 Å². The van der Waals surface area contributed by atoms with E-state index in [2.05, 4.69) is 0 Å². The van der Waals surface area contributed by atoms with Crippen LogP contribution < -0.4 is 5.73 Å². The third-order valence-corrected chi connectivity index (χ3v) is 6.72. The second-order valence-corrected chi connectivity index (χ2v) is 9.98. The molecule has 0 aliphatic carbocycles. The van der Waals surface area contributed by atoms with E-state index in [0.717, 1.165) is 0 Å². The Kier molecular flexibility index (Phi) is 5.66. The number of amides is 1. The Bertz CT molecular complexity index is 923. The predicted octanol–water partition coefficient (Wildman–Crippen LogP) is 2.92. The van der Waals surface area contributed by atoms with E-state index in [1.807, 2.05) is 0 Å². The molecule has 2 rings (SSSR count). The second-order valence-electron chi connectivity index (χ2n) is 7.23. The van der Waals surface area contributed by atoms with Gasteiger partial charge in [0.15, 0.2) is 15.6 Å². The summed E-state index contributed by atoms with van der Waals surface area (Å²) in [6.45, 7) is 5.00. The Balaban J connectivity index is 2.12. The van der Waals surface area contributed by atoms with Crippen molar-refractivity contribution in [1.29, 1.82) is 0 Å². The first kappa shape index (κ1) is 19.8. The SMILES string of the molecule is CC(C)(C)S(=O)(=O)Cc1ccc(C(=O)Cc2cccc(C(N)=O)c2)cc1. The van der Waals surface area contributed by atoms with Crippen LogP contribution in [0.3, 0.4) is 0 Å². The minimum absolute atomic E-state index is 0.0639. The summed E-state index contributed by atoms with van der Waals surface area (Å²) in [6, 6.07) is 13.2. The van der Waals surface area contributed by atoms with Gasteiger partial charge in [-0.05, 0) is 44.0 Å². The fraction of sp³-hybridized carbons (Fsp3) is 0.300. The fourth-order valence-electron chi connectivity index (χ4n) is 2.34. The van der Waals surface area contributed by atoms with Crippen molar-refractivity contribution in [2.45, 2.75) is 37.7 Å². The highest BCUT2D eigenvalue weighted by Crippen LogP contribution is 2.21. The van der Waals surface area contributed by atoms with E-state index in [1.54, 1.807) is 69.3 Å². The Hall–Kier alpha value is -2.47. The van der Waals surface area contributed by atoms with Gasteiger partial charge in [0.05, 0.1) is 10.5 Å². The molecule has 0 aromatic heterocycles. The Morgan fingerprint density at radius 3 is 2.08 bits per heavy atom. The van der Waals surface area contributed by atoms with Crippen molar-refractivity contribution in [3.63, 3.8) is 0 Å². The number of Topliss-reactive ketones (excluding diaryl/α,β-unsaturated/α-hetero) is 1. The van der Waals surface area contributed by atoms with Gasteiger partial charge in [0.1, 0.15) is 0 Å². The van der Waals surface area contributed by atoms with Crippen molar-refractivity contribution in [1.82, 2.24) is 0 Å². The van der Waals surface area contributed by atoms with E-state index >= 15 is 0 Å². The minimum Gasteiger partial charge on any atom is -0.366 e. The molecule has 0 heterocycles. The molecule has 1 amide bonds. The maximum absolute atomic E-state index is 12.4. The van der Waals surface area contributed by atoms with Gasteiger partial charge < -0.3 is 5.73 Å². The molecule has 138 valence electrons. The van der Waals surface area contributed by atoms with Gasteiger partial charge in [-0.25, -0.2) is 8.42 Å². The van der Waals surface area contributed by atoms with Gasteiger partial charge in [-0.2, -0.15) is 0 Å². The van der Waals surface area contributed by atoms with E-state index in [9.17, 15) is 18.0 Å². The van der Waals surface area contributed by atoms with E-state index < -0.39 is 20.5 Å². The van der Waals surface area contributed by atoms with Crippen LogP contribution in [0, 0.1) is 0 Å². The molecule has 26 heavy (non-hydrogen) atoms. The summed E-state index contributed by atoms with van der Waals surface area (Å²) in [5.74, 6) is -0.716. The molecule has 0 atom stereocenters. The molecule has 0 aliphatic rings. The van der Waals surface area contributed by atoms with Gasteiger partial charge in [0, 0.05) is 17.5 Å². The lowest BCUT2D eigenvalue weighted by atomic mass is 10.0. The van der Waals surface area contributed by atoms with Crippen LogP contribution in [-0.2, 0) is 22.0 Å². The summed E-state index contributed by atoms with van der Waals surface area (Å²) in [4.78, 5) is 23.6. The summed E-state index contributed by atoms with van der Waals surface area (Å²) in [7, 11) is -3.27. The van der Waals surface area contributed by atoms with Crippen molar-refractivity contribution in [2.75, 3.05) is 0 Å². The van der Waals surface area contributed by atoms with E-state index in [4.69, 9.17) is 5.73 Å². The van der Waals surface area contributed by atoms with Crippen LogP contribution in [0.5, 0.6) is 0 Å². The summed E-state index contributed by atoms with van der Waals surface area (Å²) in [6.07, 6.45) is 0.140. The van der Waals surface area contributed by atoms with E-state index in [1.165, 1.54) is 0 Å². The molecule has 0 unspecified atom stereocenters. The maximum atomic E-state index is 12.4. The smallest absolute Gasteiger partial charge is 0.248 e. The lowest BCUT2D eigenvalue weighted by Gasteiger charge is -2.19. The van der Waals surface area contributed by atoms with E-state index in [-0.39, 0.29) is 18.0 Å². The average molecular weight is 373 g/mol. The summed E-state index contributed by atoms with van der Waals surface area (Å²) < 4.78 is 23.7. The van der Waals surface area contributed by atoms with Crippen molar-refractivity contribution in [3.05, 3.63) is 70.8 Å². The molecule has 0 saturated heterocycles. The van der Waals surface area contributed by atoms with Crippen molar-refractivity contribution in [3.8, 4) is 0 Å². The van der Waals surface area contributed by atoms with Crippen LogP contribution in [0.1, 0.15) is 52.6 Å². The highest BCUT2D eigenvalue weighted by atomic mass is 32.2. The Labute approximate surface area is 154 Å². The van der Waals surface area contributed by atoms with Gasteiger partial charge in [-0.3, -0.25) is 9.59 Å². The van der Waals surface area contributed by atoms with Gasteiger partial charge in [0.25, 0.3) is 0 Å². The van der Waals surface area contributed by atoms with Crippen molar-refractivity contribution >= 4 is 21.5 Å². The first-order valence-corrected chi connectivity index (χ1v) is 9.88. The first-order chi connectivity index (χ1) is 12.0. The number of hydrogen-bond acceptors (Lipinski definition) is 4. The highest BCUT2D eigenvalue weighted by Gasteiger charge is 2.28. The summed E-state index contributed by atoms with van der Waals surface area (Å²) in [5, 5.41) is 0. The third kappa shape index (κ3) is 4.79. The van der Waals surface area contributed by atoms with Crippen molar-refractivity contribution in [2.24, 2.45) is 5.73 Å². The molecule has 0 spiro atoms. The quantitative estimate of drug-likeness (QED) is 0.788. The summed E-state index contributed by atoms with van der Waals surface area (Å²) >= 11 is 0. The lowest BCUT2D eigenvalue weighted by Crippen LogP contribution is -2.29. The van der Waals surface area contributed by atoms with Crippen LogP contribution in [0.25, 0.3) is 0 Å². The molecule has 2 aromatic rings. The minimum atomic E-state index is -3.27. The zero-order valence-electron chi connectivity index (χ0n) is 15.2. The Morgan fingerprint density at radius 1 is 0.923 bits per heavy atom. The summed E-state index contributed by atoms with van der Waals surface area (Å²) in [5.41, 5.74) is 7.45. The zero-order chi connectivity index (χ0) is 19.5. The molecule has 0 aliphatic heterocycles. The molecule has 2 aromatic carbocycles. The van der Waals surface area contributed by atoms with Gasteiger partial charge in [-0.15, -0.1) is 0 Å². The van der Waals surface area contributed by atoms with Gasteiger partial charge in [0.2, 0.25) is 5.91 Å². The van der Waals surface area contributed by atoms with Crippen LogP contribution in [0.2, 0.25) is 0 Å². The van der Waals surface area contributed by atoms with Gasteiger partial charge >= 0.3 is 0 Å². The number of sulfone groups is 1. The largest absolute Gasteiger partial charge is 0.366 e. The molecule has 0 fully saturated rings. The number of carbonyl (C=O) groups excluding carboxylic acids is 2. The molecule has 0 bridgehead atoms.